The molecule has 1 heterocycles. The Kier molecular flexibility index (Phi) is 3.41. The molecule has 0 spiro atoms. The highest BCUT2D eigenvalue weighted by atomic mass is 16.5. The number of aromatic hydroxyl groups is 1. The van der Waals surface area contributed by atoms with Gasteiger partial charge in [0.2, 0.25) is 5.91 Å². The van der Waals surface area contributed by atoms with Gasteiger partial charge in [-0.25, -0.2) is 0 Å². The molecule has 1 aromatic carbocycles. The normalized spacial score (nSPS) is 19.6. The van der Waals surface area contributed by atoms with Gasteiger partial charge in [0, 0.05) is 13.2 Å². The monoisotopic (exact) mass is 221 g/mol. The lowest BCUT2D eigenvalue weighted by atomic mass is 10.2. The fourth-order valence-electron chi connectivity index (χ4n) is 1.70. The lowest BCUT2D eigenvalue weighted by Crippen LogP contribution is -2.33. The highest BCUT2D eigenvalue weighted by Crippen LogP contribution is 2.13. The van der Waals surface area contributed by atoms with E-state index in [1.807, 2.05) is 0 Å². The molecule has 16 heavy (non-hydrogen) atoms. The van der Waals surface area contributed by atoms with Crippen LogP contribution in [-0.2, 0) is 16.1 Å². The van der Waals surface area contributed by atoms with E-state index in [1.54, 1.807) is 24.3 Å². The van der Waals surface area contributed by atoms with Crippen LogP contribution in [0.1, 0.15) is 18.4 Å². The fraction of sp³-hybridized carbons (Fsp3) is 0.417. The molecule has 4 nitrogen and oxygen atoms in total. The molecule has 1 aliphatic heterocycles. The molecule has 0 aliphatic carbocycles. The van der Waals surface area contributed by atoms with Gasteiger partial charge in [-0.15, -0.1) is 0 Å². The number of phenolic OH excluding ortho intramolecular Hbond substituents is 1. The molecule has 1 unspecified atom stereocenters. The van der Waals surface area contributed by atoms with Gasteiger partial charge >= 0.3 is 0 Å². The molecule has 2 N–H and O–H groups in total. The zero-order valence-corrected chi connectivity index (χ0v) is 8.98. The molecule has 0 radical (unpaired) electrons. The zero-order chi connectivity index (χ0) is 11.4. The lowest BCUT2D eigenvalue weighted by Gasteiger charge is -2.10. The Hall–Kier alpha value is -1.55. The minimum absolute atomic E-state index is 0.0504. The number of benzene rings is 1. The van der Waals surface area contributed by atoms with Crippen LogP contribution in [0, 0.1) is 0 Å². The van der Waals surface area contributed by atoms with Crippen LogP contribution in [0.25, 0.3) is 0 Å². The van der Waals surface area contributed by atoms with E-state index in [2.05, 4.69) is 5.32 Å². The number of amides is 1. The molecule has 0 saturated carbocycles. The number of nitrogens with one attached hydrogen (secondary N) is 1. The standard InChI is InChI=1S/C12H15NO3/c14-10-5-3-9(4-6-10)8-13-12(15)11-2-1-7-16-11/h3-6,11,14H,1-2,7-8H2,(H,13,15). The SMILES string of the molecule is O=C(NCc1ccc(O)cc1)C1CCCO1. The highest BCUT2D eigenvalue weighted by Gasteiger charge is 2.22. The maximum absolute atomic E-state index is 11.6. The number of hydrogen-bond donors (Lipinski definition) is 2. The third-order valence-corrected chi connectivity index (χ3v) is 2.63. The average Bonchev–Trinajstić information content (AvgIpc) is 2.81. The number of rotatable bonds is 3. The summed E-state index contributed by atoms with van der Waals surface area (Å²) < 4.78 is 5.27. The first-order valence-electron chi connectivity index (χ1n) is 5.43. The first-order chi connectivity index (χ1) is 7.75. The molecule has 4 heteroatoms. The number of carbonyl (C=O) groups is 1. The molecule has 1 aliphatic rings. The predicted octanol–water partition coefficient (Wildman–Crippen LogP) is 1.19. The Balaban J connectivity index is 1.82. The smallest absolute Gasteiger partial charge is 0.249 e. The molecule has 1 aromatic rings. The van der Waals surface area contributed by atoms with E-state index in [9.17, 15) is 4.79 Å². The van der Waals surface area contributed by atoms with Gasteiger partial charge < -0.3 is 15.2 Å². The Labute approximate surface area is 94.2 Å². The van der Waals surface area contributed by atoms with Crippen LogP contribution in [0.4, 0.5) is 0 Å². The second kappa shape index (κ2) is 4.99. The van der Waals surface area contributed by atoms with E-state index in [-0.39, 0.29) is 17.8 Å². The minimum Gasteiger partial charge on any atom is -0.508 e. The largest absolute Gasteiger partial charge is 0.508 e. The Morgan fingerprint density at radius 3 is 2.81 bits per heavy atom. The summed E-state index contributed by atoms with van der Waals surface area (Å²) in [6.45, 7) is 1.15. The van der Waals surface area contributed by atoms with Gasteiger partial charge in [-0.1, -0.05) is 12.1 Å². The third-order valence-electron chi connectivity index (χ3n) is 2.63. The first kappa shape index (κ1) is 11.0. The summed E-state index contributed by atoms with van der Waals surface area (Å²) in [5.41, 5.74) is 0.962. The van der Waals surface area contributed by atoms with Crippen molar-refractivity contribution in [2.45, 2.75) is 25.5 Å². The van der Waals surface area contributed by atoms with Gasteiger partial charge in [-0.3, -0.25) is 4.79 Å². The van der Waals surface area contributed by atoms with Crippen LogP contribution in [0.2, 0.25) is 0 Å². The lowest BCUT2D eigenvalue weighted by molar-refractivity contribution is -0.130. The van der Waals surface area contributed by atoms with Gasteiger partial charge in [-0.05, 0) is 30.5 Å². The van der Waals surface area contributed by atoms with Crippen molar-refractivity contribution in [2.24, 2.45) is 0 Å². The zero-order valence-electron chi connectivity index (χ0n) is 8.98. The topological polar surface area (TPSA) is 58.6 Å². The van der Waals surface area contributed by atoms with Gasteiger partial charge in [0.15, 0.2) is 0 Å². The second-order valence-electron chi connectivity index (χ2n) is 3.89. The minimum atomic E-state index is -0.280. The molecule has 2 rings (SSSR count). The van der Waals surface area contributed by atoms with Crippen LogP contribution in [0.5, 0.6) is 5.75 Å². The van der Waals surface area contributed by atoms with Gasteiger partial charge in [-0.2, -0.15) is 0 Å². The van der Waals surface area contributed by atoms with Crippen molar-refractivity contribution >= 4 is 5.91 Å². The maximum atomic E-state index is 11.6. The molecular weight excluding hydrogens is 206 g/mol. The van der Waals surface area contributed by atoms with Crippen molar-refractivity contribution in [3.05, 3.63) is 29.8 Å². The van der Waals surface area contributed by atoms with Gasteiger partial charge in [0.25, 0.3) is 0 Å². The molecule has 1 atom stereocenters. The fourth-order valence-corrected chi connectivity index (χ4v) is 1.70. The summed E-state index contributed by atoms with van der Waals surface area (Å²) in [5, 5.41) is 11.9. The number of ether oxygens (including phenoxy) is 1. The van der Waals surface area contributed by atoms with Crippen molar-refractivity contribution in [1.29, 1.82) is 0 Å². The first-order valence-corrected chi connectivity index (χ1v) is 5.43. The molecule has 1 fully saturated rings. The van der Waals surface area contributed by atoms with E-state index in [0.717, 1.165) is 18.4 Å². The maximum Gasteiger partial charge on any atom is 0.249 e. The van der Waals surface area contributed by atoms with Crippen molar-refractivity contribution < 1.29 is 14.6 Å². The summed E-state index contributed by atoms with van der Waals surface area (Å²) in [7, 11) is 0. The van der Waals surface area contributed by atoms with Crippen LogP contribution >= 0.6 is 0 Å². The Morgan fingerprint density at radius 2 is 2.19 bits per heavy atom. The molecule has 0 bridgehead atoms. The Morgan fingerprint density at radius 1 is 1.44 bits per heavy atom. The van der Waals surface area contributed by atoms with Crippen molar-refractivity contribution in [3.8, 4) is 5.75 Å². The second-order valence-corrected chi connectivity index (χ2v) is 3.89. The van der Waals surface area contributed by atoms with Crippen LogP contribution in [0.15, 0.2) is 24.3 Å². The van der Waals surface area contributed by atoms with Gasteiger partial charge in [0.1, 0.15) is 11.9 Å². The van der Waals surface area contributed by atoms with Crippen LogP contribution < -0.4 is 5.32 Å². The Bertz CT molecular complexity index is 355. The van der Waals surface area contributed by atoms with E-state index in [1.165, 1.54) is 0 Å². The number of hydrogen-bond acceptors (Lipinski definition) is 3. The van der Waals surface area contributed by atoms with Gasteiger partial charge in [0.05, 0.1) is 0 Å². The molecule has 1 saturated heterocycles. The average molecular weight is 221 g/mol. The molecule has 0 aromatic heterocycles. The van der Waals surface area contributed by atoms with Crippen LogP contribution in [0.3, 0.4) is 0 Å². The quantitative estimate of drug-likeness (QED) is 0.806. The van der Waals surface area contributed by atoms with E-state index < -0.39 is 0 Å². The summed E-state index contributed by atoms with van der Waals surface area (Å²) in [4.78, 5) is 11.6. The van der Waals surface area contributed by atoms with E-state index >= 15 is 0 Å². The van der Waals surface area contributed by atoms with Crippen molar-refractivity contribution in [1.82, 2.24) is 5.32 Å². The summed E-state index contributed by atoms with van der Waals surface area (Å²) in [6, 6.07) is 6.78. The van der Waals surface area contributed by atoms with Crippen molar-refractivity contribution in [2.75, 3.05) is 6.61 Å². The van der Waals surface area contributed by atoms with E-state index in [0.29, 0.717) is 13.2 Å². The molecule has 1 amide bonds. The third kappa shape index (κ3) is 2.73. The predicted molar refractivity (Wildman–Crippen MR) is 58.9 cm³/mol. The summed E-state index contributed by atoms with van der Waals surface area (Å²) >= 11 is 0. The number of phenols is 1. The van der Waals surface area contributed by atoms with E-state index in [4.69, 9.17) is 9.84 Å². The molecular formula is C12H15NO3. The summed E-state index contributed by atoms with van der Waals surface area (Å²) in [5.74, 6) is 0.180. The summed E-state index contributed by atoms with van der Waals surface area (Å²) in [6.07, 6.45) is 1.48. The van der Waals surface area contributed by atoms with Crippen LogP contribution in [-0.4, -0.2) is 23.7 Å². The molecule has 86 valence electrons. The van der Waals surface area contributed by atoms with Crippen molar-refractivity contribution in [3.63, 3.8) is 0 Å². The number of carbonyl (C=O) groups excluding carboxylic acids is 1. The highest BCUT2D eigenvalue weighted by molar-refractivity contribution is 5.80.